The van der Waals surface area contributed by atoms with Gasteiger partial charge in [0.15, 0.2) is 5.75 Å². The molecule has 1 spiro atoms. The van der Waals surface area contributed by atoms with Gasteiger partial charge < -0.3 is 54.7 Å². The number of aliphatic hydroxyl groups is 2. The summed E-state index contributed by atoms with van der Waals surface area (Å²) < 4.78 is 18.9. The van der Waals surface area contributed by atoms with Gasteiger partial charge in [-0.3, -0.25) is 24.2 Å². The van der Waals surface area contributed by atoms with Crippen LogP contribution in [0.2, 0.25) is 0 Å². The van der Waals surface area contributed by atoms with E-state index in [1.54, 1.807) is 77.7 Å². The molecule has 3 aromatic carbocycles. The molecule has 2 fully saturated rings. The summed E-state index contributed by atoms with van der Waals surface area (Å²) in [5.41, 5.74) is -0.644. The van der Waals surface area contributed by atoms with E-state index in [1.165, 1.54) is 13.2 Å². The highest BCUT2D eigenvalue weighted by atomic mass is 16.7. The molecule has 17 nitrogen and oxygen atoms in total. The fourth-order valence-corrected chi connectivity index (χ4v) is 11.9. The standard InChI is InChI=1S/C60H80N6O11/c1-33(2)32-65-29-25-60(26-30-65)62-45-42-43-50(69)39(8)53-44(42)54(71)59(11,77-53)75-31-17-20-35(4)52(76-57(74)58(9,10)56(73)66-27-23-41(24-28-66)64(12)40-21-14-13-15-22-40)38(7)49(68)37(6)48(67)34(3)18-16-19-36(5)55(72)61-47(51(43)70)46(45)63-60/h13-19,21-22,31,33-35,37-38,41,48-49,52,62,67-70H,20,23-30,32H2,1-12H3/b18-16+,31-17+,36-19-,61-47?/t34-,35+,37+,38+,48-,49+,52+,59-/m0/s1. The number of ketones is 1. The minimum Gasteiger partial charge on any atom is -0.507 e. The molecule has 6 aliphatic heterocycles. The number of piperidine rings is 2. The quantitative estimate of drug-likeness (QED) is 0.0893. The smallest absolute Gasteiger partial charge is 0.321 e. The molecule has 0 unspecified atom stereocenters. The van der Waals surface area contributed by atoms with Crippen molar-refractivity contribution >= 4 is 45.7 Å². The Morgan fingerprint density at radius 1 is 0.935 bits per heavy atom. The summed E-state index contributed by atoms with van der Waals surface area (Å²) in [7, 11) is 2.05. The molecular weight excluding hydrogens is 981 g/mol. The lowest BCUT2D eigenvalue weighted by Gasteiger charge is -2.41. The lowest BCUT2D eigenvalue weighted by molar-refractivity contribution is -0.175. The summed E-state index contributed by atoms with van der Waals surface area (Å²) >= 11 is 0. The van der Waals surface area contributed by atoms with Gasteiger partial charge in [0.1, 0.15) is 39.4 Å². The van der Waals surface area contributed by atoms with E-state index in [0.29, 0.717) is 50.6 Å². The second-order valence-corrected chi connectivity index (χ2v) is 23.6. The van der Waals surface area contributed by atoms with Gasteiger partial charge in [0.05, 0.1) is 35.1 Å². The molecule has 5 N–H and O–H groups in total. The first-order valence-corrected chi connectivity index (χ1v) is 27.4. The Morgan fingerprint density at radius 3 is 2.25 bits per heavy atom. The van der Waals surface area contributed by atoms with Crippen molar-refractivity contribution in [3.8, 4) is 17.2 Å². The van der Waals surface area contributed by atoms with Crippen LogP contribution < -0.4 is 25.7 Å². The van der Waals surface area contributed by atoms with Gasteiger partial charge in [-0.25, -0.2) is 4.99 Å². The first-order valence-electron chi connectivity index (χ1n) is 27.4. The number of nitrogens with zero attached hydrogens (tertiary/aromatic N) is 5. The summed E-state index contributed by atoms with van der Waals surface area (Å²) in [5.74, 6) is -7.30. The van der Waals surface area contributed by atoms with Crippen LogP contribution in [0, 0.1) is 41.9 Å². The van der Waals surface area contributed by atoms with E-state index in [9.17, 15) is 39.6 Å². The summed E-state index contributed by atoms with van der Waals surface area (Å²) in [5, 5.41) is 51.6. The maximum absolute atomic E-state index is 14.9. The zero-order valence-corrected chi connectivity index (χ0v) is 46.9. The summed E-state index contributed by atoms with van der Waals surface area (Å²) in [6, 6.07) is 10.3. The third kappa shape index (κ3) is 11.0. The fourth-order valence-electron chi connectivity index (χ4n) is 11.9. The summed E-state index contributed by atoms with van der Waals surface area (Å²) in [4.78, 5) is 73.6. The number of carbonyl (C=O) groups excluding carboxylic acids is 4. The maximum Gasteiger partial charge on any atom is 0.321 e. The number of nitrogens with one attached hydrogen (secondary N) is 1. The number of hydrogen-bond acceptors (Lipinski definition) is 15. The number of allylic oxidation sites excluding steroid dienone is 3. The van der Waals surface area contributed by atoms with Gasteiger partial charge >= 0.3 is 11.8 Å². The Balaban J connectivity index is 1.12. The van der Waals surface area contributed by atoms with E-state index in [1.807, 2.05) is 25.1 Å². The number of fused-ring (bicyclic) bond motifs is 13. The van der Waals surface area contributed by atoms with Crippen LogP contribution in [-0.4, -0.2) is 129 Å². The van der Waals surface area contributed by atoms with Crippen LogP contribution in [0.4, 0.5) is 11.4 Å². The van der Waals surface area contributed by atoms with E-state index >= 15 is 0 Å². The molecule has 416 valence electrons. The molecule has 6 heterocycles. The molecule has 6 aliphatic rings. The number of rotatable bonds is 7. The van der Waals surface area contributed by atoms with Crippen LogP contribution in [0.15, 0.2) is 76.5 Å². The van der Waals surface area contributed by atoms with Gasteiger partial charge in [-0.15, -0.1) is 0 Å². The minimum atomic E-state index is -1.96. The Labute approximate surface area is 452 Å². The van der Waals surface area contributed by atoms with E-state index in [2.05, 4.69) is 53.1 Å². The van der Waals surface area contributed by atoms with Crippen molar-refractivity contribution in [2.45, 2.75) is 144 Å². The van der Waals surface area contributed by atoms with Crippen molar-refractivity contribution < 1.29 is 53.8 Å². The van der Waals surface area contributed by atoms with Crippen molar-refractivity contribution in [1.29, 1.82) is 0 Å². The number of ether oxygens (including phenoxy) is 3. The molecule has 0 radical (unpaired) electrons. The second kappa shape index (κ2) is 22.2. The second-order valence-electron chi connectivity index (χ2n) is 23.6. The molecule has 3 aromatic rings. The van der Waals surface area contributed by atoms with Crippen LogP contribution in [0.25, 0.3) is 10.8 Å². The number of phenolic OH excluding ortho intramolecular Hbond substituents is 2. The molecule has 0 aromatic heterocycles. The predicted molar refractivity (Wildman–Crippen MR) is 294 cm³/mol. The van der Waals surface area contributed by atoms with Crippen LogP contribution in [-0.2, 0) is 23.9 Å². The number of amides is 2. The maximum atomic E-state index is 14.9. The zero-order valence-electron chi connectivity index (χ0n) is 46.9. The third-order valence-electron chi connectivity index (χ3n) is 17.0. The van der Waals surface area contributed by atoms with Gasteiger partial charge in [-0.05, 0) is 77.0 Å². The van der Waals surface area contributed by atoms with Crippen LogP contribution in [0.5, 0.6) is 17.2 Å². The lowest BCUT2D eigenvalue weighted by atomic mass is 9.78. The molecule has 77 heavy (non-hydrogen) atoms. The molecule has 5 bridgehead atoms. The number of hydrogen-bond donors (Lipinski definition) is 5. The van der Waals surface area contributed by atoms with Crippen molar-refractivity contribution in [3.05, 3.63) is 88.3 Å². The molecular formula is C60H80N6O11. The van der Waals surface area contributed by atoms with E-state index < -0.39 is 82.3 Å². The number of para-hydroxylation sites is 1. The largest absolute Gasteiger partial charge is 0.507 e. The van der Waals surface area contributed by atoms with Gasteiger partial charge in [-0.2, -0.15) is 0 Å². The molecule has 8 atom stereocenters. The van der Waals surface area contributed by atoms with Crippen molar-refractivity contribution in [2.75, 3.05) is 50.0 Å². The number of Topliss-reactive ketones (excluding diaryl/α,β-unsaturated/α-hetero) is 1. The van der Waals surface area contributed by atoms with E-state index in [4.69, 9.17) is 19.2 Å². The first-order chi connectivity index (χ1) is 36.3. The molecule has 0 aliphatic carbocycles. The molecule has 9 rings (SSSR count). The number of esters is 1. The van der Waals surface area contributed by atoms with Gasteiger partial charge in [0.2, 0.25) is 5.91 Å². The first kappa shape index (κ1) is 56.9. The number of aliphatic hydroxyl groups excluding tert-OH is 2. The van der Waals surface area contributed by atoms with Crippen molar-refractivity contribution in [1.82, 2.24) is 9.80 Å². The third-order valence-corrected chi connectivity index (χ3v) is 17.0. The Hall–Kier alpha value is -6.30. The number of carbonyl (C=O) groups is 4. The normalized spacial score (nSPS) is 28.9. The predicted octanol–water partition coefficient (Wildman–Crippen LogP) is 7.26. The highest BCUT2D eigenvalue weighted by Crippen LogP contribution is 2.51. The lowest BCUT2D eigenvalue weighted by Crippen LogP contribution is -2.52. The fraction of sp³-hybridized carbons (Fsp3) is 0.567. The molecule has 17 heteroatoms. The SMILES string of the molecule is C/C1=C/C=C/[C@H](C)[C@H](O)[C@@H](C)[C@@H](O)[C@@H](C)[C@H](OC(=O)C(C)(C)C(=O)N2CCC(N(C)c3ccccc3)CC2)[C@H](C)C/C=C/O[C@@]2(C)Oc3c(C)c(O)c4c(O)c(c5c(c4c3C2=O)NC2(CCN(CC(C)C)CC2)N=5)=NC1=O. The number of phenols is 2. The monoisotopic (exact) mass is 1060 g/mol. The Bertz CT molecular complexity index is 2990. The van der Waals surface area contributed by atoms with Crippen LogP contribution in [0.3, 0.4) is 0 Å². The molecule has 2 amide bonds. The van der Waals surface area contributed by atoms with E-state index in [-0.39, 0.29) is 68.1 Å². The molecule has 0 saturated carbocycles. The van der Waals surface area contributed by atoms with Crippen LogP contribution in [0.1, 0.15) is 117 Å². The van der Waals surface area contributed by atoms with Gasteiger partial charge in [-0.1, -0.05) is 78.0 Å². The van der Waals surface area contributed by atoms with Crippen molar-refractivity contribution in [2.24, 2.45) is 45.0 Å². The highest BCUT2D eigenvalue weighted by Gasteiger charge is 2.51. The van der Waals surface area contributed by atoms with Crippen LogP contribution >= 0.6 is 0 Å². The summed E-state index contributed by atoms with van der Waals surface area (Å²) in [6.07, 6.45) is 7.40. The minimum absolute atomic E-state index is 0.0536. The Kier molecular flexibility index (Phi) is 16.4. The number of benzene rings is 3. The van der Waals surface area contributed by atoms with Crippen molar-refractivity contribution in [3.63, 3.8) is 0 Å². The average molecular weight is 1060 g/mol. The summed E-state index contributed by atoms with van der Waals surface area (Å²) in [6.45, 7) is 22.4. The van der Waals surface area contributed by atoms with Gasteiger partial charge in [0, 0.05) is 106 Å². The average Bonchev–Trinajstić information content (AvgIpc) is 3.91. The van der Waals surface area contributed by atoms with Gasteiger partial charge in [0.25, 0.3) is 11.7 Å². The highest BCUT2D eigenvalue weighted by molar-refractivity contribution is 6.21. The Morgan fingerprint density at radius 2 is 1.60 bits per heavy atom. The topological polar surface area (TPSA) is 223 Å². The zero-order chi connectivity index (χ0) is 56.1. The number of aromatic hydroxyl groups is 2. The molecule has 2 saturated heterocycles. The number of likely N-dealkylation sites (tertiary alicyclic amines) is 2. The number of anilines is 2. The van der Waals surface area contributed by atoms with E-state index in [0.717, 1.165) is 25.1 Å².